The summed E-state index contributed by atoms with van der Waals surface area (Å²) < 4.78 is 16.2. The van der Waals surface area contributed by atoms with E-state index >= 15 is 0 Å². The van der Waals surface area contributed by atoms with Crippen molar-refractivity contribution in [2.45, 2.75) is 19.8 Å². The smallest absolute Gasteiger partial charge is 0.336 e. The zero-order valence-electron chi connectivity index (χ0n) is 14.8. The fourth-order valence-corrected chi connectivity index (χ4v) is 3.51. The molecule has 6 nitrogen and oxygen atoms in total. The standard InChI is InChI=1S/C18H20BrNO5/c1-9-14(17(21)24-4)16(15(10(2)20-9)18(22)25-5)12-8-11(19)6-7-13(12)23-3/h6-8,14,16H,1-5H3/t14?,16-/m0/s1. The third kappa shape index (κ3) is 3.61. The van der Waals surface area contributed by atoms with E-state index in [1.807, 2.05) is 12.1 Å². The molecule has 0 radical (unpaired) electrons. The van der Waals surface area contributed by atoms with Gasteiger partial charge in [0.05, 0.1) is 26.9 Å². The second-order valence-corrected chi connectivity index (χ2v) is 6.52. The lowest BCUT2D eigenvalue weighted by Crippen LogP contribution is -2.36. The van der Waals surface area contributed by atoms with Gasteiger partial charge in [-0.15, -0.1) is 0 Å². The number of nitrogens with zero attached hydrogens (tertiary/aromatic N) is 1. The number of benzene rings is 1. The number of aliphatic imine (C=N–C) groups is 1. The zero-order valence-corrected chi connectivity index (χ0v) is 16.3. The Balaban J connectivity index is 2.77. The number of hydrogen-bond donors (Lipinski definition) is 0. The predicted octanol–water partition coefficient (Wildman–Crippen LogP) is 3.25. The molecule has 0 aromatic heterocycles. The maximum Gasteiger partial charge on any atom is 0.336 e. The van der Waals surface area contributed by atoms with Gasteiger partial charge in [0, 0.05) is 27.4 Å². The van der Waals surface area contributed by atoms with Crippen LogP contribution >= 0.6 is 15.9 Å². The van der Waals surface area contributed by atoms with Gasteiger partial charge in [-0.1, -0.05) is 15.9 Å². The molecule has 1 aromatic rings. The number of carbonyl (C=O) groups is 2. The van der Waals surface area contributed by atoms with E-state index in [-0.39, 0.29) is 0 Å². The molecule has 7 heteroatoms. The molecular formula is C18H20BrNO5. The lowest BCUT2D eigenvalue weighted by atomic mass is 9.75. The van der Waals surface area contributed by atoms with Crippen LogP contribution in [0, 0.1) is 5.92 Å². The van der Waals surface area contributed by atoms with Gasteiger partial charge in [0.25, 0.3) is 0 Å². The number of carbonyl (C=O) groups excluding carboxylic acids is 2. The van der Waals surface area contributed by atoms with Crippen LogP contribution < -0.4 is 4.74 Å². The second-order valence-electron chi connectivity index (χ2n) is 5.61. The molecule has 2 rings (SSSR count). The van der Waals surface area contributed by atoms with Crippen molar-refractivity contribution < 1.29 is 23.8 Å². The van der Waals surface area contributed by atoms with Gasteiger partial charge < -0.3 is 14.2 Å². The topological polar surface area (TPSA) is 74.2 Å². The third-order valence-electron chi connectivity index (χ3n) is 4.22. The van der Waals surface area contributed by atoms with Gasteiger partial charge in [0.2, 0.25) is 0 Å². The van der Waals surface area contributed by atoms with Crippen LogP contribution in [0.3, 0.4) is 0 Å². The average molecular weight is 410 g/mol. The summed E-state index contributed by atoms with van der Waals surface area (Å²) in [7, 11) is 4.15. The molecule has 1 aromatic carbocycles. The van der Waals surface area contributed by atoms with E-state index in [1.165, 1.54) is 21.3 Å². The van der Waals surface area contributed by atoms with Gasteiger partial charge in [0.15, 0.2) is 0 Å². The Hall–Kier alpha value is -2.15. The van der Waals surface area contributed by atoms with Crippen LogP contribution in [0.15, 0.2) is 38.9 Å². The fraction of sp³-hybridized carbons (Fsp3) is 0.389. The highest BCUT2D eigenvalue weighted by atomic mass is 79.9. The first-order valence-corrected chi connectivity index (χ1v) is 8.40. The number of hydrogen-bond acceptors (Lipinski definition) is 6. The lowest BCUT2D eigenvalue weighted by Gasteiger charge is -2.31. The highest BCUT2D eigenvalue weighted by Gasteiger charge is 2.43. The van der Waals surface area contributed by atoms with Crippen molar-refractivity contribution in [1.82, 2.24) is 0 Å². The zero-order chi connectivity index (χ0) is 18.7. The van der Waals surface area contributed by atoms with Crippen LogP contribution in [0.25, 0.3) is 0 Å². The molecule has 134 valence electrons. The Kier molecular flexibility index (Phi) is 6.00. The van der Waals surface area contributed by atoms with Crippen LogP contribution in [0.4, 0.5) is 0 Å². The molecule has 25 heavy (non-hydrogen) atoms. The maximum absolute atomic E-state index is 12.5. The molecule has 1 aliphatic heterocycles. The van der Waals surface area contributed by atoms with Crippen molar-refractivity contribution >= 4 is 33.6 Å². The van der Waals surface area contributed by atoms with Gasteiger partial charge in [-0.05, 0) is 32.0 Å². The number of rotatable bonds is 4. The van der Waals surface area contributed by atoms with E-state index in [9.17, 15) is 9.59 Å². The van der Waals surface area contributed by atoms with Gasteiger partial charge in [-0.3, -0.25) is 9.79 Å². The van der Waals surface area contributed by atoms with Gasteiger partial charge >= 0.3 is 11.9 Å². The normalized spacial score (nSPS) is 20.0. The summed E-state index contributed by atoms with van der Waals surface area (Å²) in [4.78, 5) is 29.3. The number of esters is 2. The Labute approximate surface area is 155 Å². The average Bonchev–Trinajstić information content (AvgIpc) is 2.59. The number of ether oxygens (including phenoxy) is 3. The number of methoxy groups -OCH3 is 3. The van der Waals surface area contributed by atoms with E-state index in [4.69, 9.17) is 14.2 Å². The summed E-state index contributed by atoms with van der Waals surface area (Å²) in [6.45, 7) is 3.47. The quantitative estimate of drug-likeness (QED) is 0.713. The summed E-state index contributed by atoms with van der Waals surface area (Å²) in [6, 6.07) is 5.43. The highest BCUT2D eigenvalue weighted by molar-refractivity contribution is 9.10. The largest absolute Gasteiger partial charge is 0.496 e. The van der Waals surface area contributed by atoms with E-state index in [0.717, 1.165) is 4.47 Å². The molecule has 1 heterocycles. The van der Waals surface area contributed by atoms with Crippen molar-refractivity contribution in [2.75, 3.05) is 21.3 Å². The molecule has 1 unspecified atom stereocenters. The summed E-state index contributed by atoms with van der Waals surface area (Å²) in [5.41, 5.74) is 2.08. The maximum atomic E-state index is 12.5. The second kappa shape index (κ2) is 7.82. The van der Waals surface area contributed by atoms with E-state index < -0.39 is 23.8 Å². The first-order chi connectivity index (χ1) is 11.8. The van der Waals surface area contributed by atoms with Crippen LogP contribution in [0.2, 0.25) is 0 Å². The molecule has 0 amide bonds. The van der Waals surface area contributed by atoms with Crippen LogP contribution in [-0.4, -0.2) is 39.0 Å². The summed E-state index contributed by atoms with van der Waals surface area (Å²) in [5, 5.41) is 0. The van der Waals surface area contributed by atoms with E-state index in [1.54, 1.807) is 19.9 Å². The summed E-state index contributed by atoms with van der Waals surface area (Å²) in [5.74, 6) is -1.81. The van der Waals surface area contributed by atoms with Crippen molar-refractivity contribution in [3.8, 4) is 5.75 Å². The van der Waals surface area contributed by atoms with Crippen LogP contribution in [-0.2, 0) is 19.1 Å². The van der Waals surface area contributed by atoms with Gasteiger partial charge in [0.1, 0.15) is 11.7 Å². The molecule has 0 spiro atoms. The van der Waals surface area contributed by atoms with Crippen LogP contribution in [0.1, 0.15) is 25.3 Å². The predicted molar refractivity (Wildman–Crippen MR) is 96.8 cm³/mol. The van der Waals surface area contributed by atoms with E-state index in [0.29, 0.717) is 28.3 Å². The molecule has 1 aliphatic rings. The molecule has 0 saturated heterocycles. The lowest BCUT2D eigenvalue weighted by molar-refractivity contribution is -0.143. The van der Waals surface area contributed by atoms with Crippen molar-refractivity contribution in [1.29, 1.82) is 0 Å². The Bertz CT molecular complexity index is 769. The minimum absolute atomic E-state index is 0.319. The van der Waals surface area contributed by atoms with Crippen molar-refractivity contribution in [2.24, 2.45) is 10.9 Å². The first-order valence-electron chi connectivity index (χ1n) is 7.61. The third-order valence-corrected chi connectivity index (χ3v) is 4.71. The number of allylic oxidation sites excluding steroid dienone is 1. The molecular weight excluding hydrogens is 390 g/mol. The van der Waals surface area contributed by atoms with Gasteiger partial charge in [-0.2, -0.15) is 0 Å². The molecule has 0 bridgehead atoms. The minimum atomic E-state index is -0.744. The van der Waals surface area contributed by atoms with Crippen molar-refractivity contribution in [3.05, 3.63) is 39.5 Å². The molecule has 0 N–H and O–H groups in total. The molecule has 0 saturated carbocycles. The van der Waals surface area contributed by atoms with E-state index in [2.05, 4.69) is 20.9 Å². The van der Waals surface area contributed by atoms with Crippen molar-refractivity contribution in [3.63, 3.8) is 0 Å². The Morgan fingerprint density at radius 1 is 1.12 bits per heavy atom. The summed E-state index contributed by atoms with van der Waals surface area (Å²) >= 11 is 3.44. The Morgan fingerprint density at radius 3 is 2.36 bits per heavy atom. The van der Waals surface area contributed by atoms with Crippen LogP contribution in [0.5, 0.6) is 5.75 Å². The molecule has 0 aliphatic carbocycles. The fourth-order valence-electron chi connectivity index (χ4n) is 3.13. The molecule has 0 fully saturated rings. The Morgan fingerprint density at radius 2 is 1.80 bits per heavy atom. The molecule has 2 atom stereocenters. The monoisotopic (exact) mass is 409 g/mol. The van der Waals surface area contributed by atoms with Gasteiger partial charge in [-0.25, -0.2) is 4.79 Å². The number of halogens is 1. The first kappa shape index (κ1) is 19.2. The highest BCUT2D eigenvalue weighted by Crippen LogP contribution is 2.44. The minimum Gasteiger partial charge on any atom is -0.496 e. The summed E-state index contributed by atoms with van der Waals surface area (Å²) in [6.07, 6.45) is 0. The SMILES string of the molecule is COC(=O)C1=C(C)N=C(C)C(C(=O)OC)[C@@H]1c1cc(Br)ccc1OC.